The number of aryl methyl sites for hydroxylation is 1. The maximum Gasteiger partial charge on any atom is 0.452 e. The quantitative estimate of drug-likeness (QED) is 0.792. The van der Waals surface area contributed by atoms with Crippen LogP contribution in [0.1, 0.15) is 24.4 Å². The Kier molecular flexibility index (Phi) is 4.88. The van der Waals surface area contributed by atoms with Gasteiger partial charge in [-0.2, -0.15) is 17.5 Å². The number of halogens is 3. The number of hydrogen-bond donors (Lipinski definition) is 0. The molecule has 0 N–H and O–H groups in total. The molecule has 1 atom stereocenters. The number of rotatable bonds is 4. The molecule has 144 valence electrons. The summed E-state index contributed by atoms with van der Waals surface area (Å²) in [5, 5.41) is 3.31. The van der Waals surface area contributed by atoms with Crippen LogP contribution in [0.25, 0.3) is 11.5 Å². The Labute approximate surface area is 147 Å². The number of sulfonamides is 1. The number of aromatic nitrogens is 1. The lowest BCUT2D eigenvalue weighted by Crippen LogP contribution is -2.42. The summed E-state index contributed by atoms with van der Waals surface area (Å²) in [6.07, 6.45) is -3.48. The molecule has 0 radical (unpaired) electrons. The Balaban J connectivity index is 1.91. The summed E-state index contributed by atoms with van der Waals surface area (Å²) in [4.78, 5) is -0.110. The zero-order chi connectivity index (χ0) is 19.1. The molecule has 0 bridgehead atoms. The molecule has 0 amide bonds. The van der Waals surface area contributed by atoms with Crippen LogP contribution >= 0.6 is 0 Å². The van der Waals surface area contributed by atoms with Crippen LogP contribution in [0.4, 0.5) is 13.2 Å². The molecule has 26 heavy (non-hydrogen) atoms. The van der Waals surface area contributed by atoms with Gasteiger partial charge in [0, 0.05) is 32.3 Å². The number of nitrogens with zero attached hydrogens (tertiary/aromatic N) is 2. The van der Waals surface area contributed by atoms with Gasteiger partial charge < -0.3 is 13.7 Å². The Morgan fingerprint density at radius 1 is 1.35 bits per heavy atom. The van der Waals surface area contributed by atoms with Gasteiger partial charge >= 0.3 is 6.18 Å². The molecule has 0 aliphatic carbocycles. The molecule has 0 saturated carbocycles. The molecule has 3 rings (SSSR count). The molecule has 2 aromatic heterocycles. The Morgan fingerprint density at radius 2 is 2.08 bits per heavy atom. The van der Waals surface area contributed by atoms with Gasteiger partial charge in [-0.15, -0.1) is 0 Å². The van der Waals surface area contributed by atoms with E-state index in [-0.39, 0.29) is 34.8 Å². The molecule has 7 nitrogen and oxygen atoms in total. The van der Waals surface area contributed by atoms with Crippen molar-refractivity contribution in [3.63, 3.8) is 0 Å². The second-order valence-corrected chi connectivity index (χ2v) is 7.87. The summed E-state index contributed by atoms with van der Waals surface area (Å²) < 4.78 is 79.7. The van der Waals surface area contributed by atoms with Crippen LogP contribution < -0.4 is 0 Å². The van der Waals surface area contributed by atoms with Crippen LogP contribution in [0.15, 0.2) is 26.0 Å². The fourth-order valence-corrected chi connectivity index (χ4v) is 4.50. The monoisotopic (exact) mass is 394 g/mol. The Hall–Kier alpha value is -1.85. The Bertz CT molecular complexity index is 887. The molecule has 1 aliphatic heterocycles. The maximum atomic E-state index is 12.9. The van der Waals surface area contributed by atoms with E-state index in [1.807, 2.05) is 0 Å². The first-order valence-electron chi connectivity index (χ1n) is 7.80. The molecular formula is C15H17F3N2O5S. The fourth-order valence-electron chi connectivity index (χ4n) is 2.83. The third kappa shape index (κ3) is 3.51. The average molecular weight is 394 g/mol. The van der Waals surface area contributed by atoms with Gasteiger partial charge in [-0.1, -0.05) is 5.16 Å². The summed E-state index contributed by atoms with van der Waals surface area (Å²) in [5.41, 5.74) is -0.227. The molecule has 11 heteroatoms. The third-order valence-electron chi connectivity index (χ3n) is 4.21. The van der Waals surface area contributed by atoms with Crippen molar-refractivity contribution in [3.05, 3.63) is 23.7 Å². The SMILES string of the molecule is CO[C@H]1CCCN(S(=O)(=O)c2cc(-c3cc(C(F)(F)F)on3)oc2C)C1. The minimum absolute atomic E-state index is 0.0658. The van der Waals surface area contributed by atoms with E-state index in [1.165, 1.54) is 24.4 Å². The zero-order valence-corrected chi connectivity index (χ0v) is 14.9. The second kappa shape index (κ2) is 6.71. The van der Waals surface area contributed by atoms with Crippen LogP contribution in [0.3, 0.4) is 0 Å². The summed E-state index contributed by atoms with van der Waals surface area (Å²) >= 11 is 0. The van der Waals surface area contributed by atoms with Crippen molar-refractivity contribution in [3.8, 4) is 11.5 Å². The van der Waals surface area contributed by atoms with Crippen molar-refractivity contribution in [2.75, 3.05) is 20.2 Å². The number of hydrogen-bond acceptors (Lipinski definition) is 6. The van der Waals surface area contributed by atoms with Crippen molar-refractivity contribution >= 4 is 10.0 Å². The van der Waals surface area contributed by atoms with Crippen LogP contribution in [0, 0.1) is 6.92 Å². The van der Waals surface area contributed by atoms with Gasteiger partial charge in [0.25, 0.3) is 0 Å². The molecule has 0 spiro atoms. The third-order valence-corrected chi connectivity index (χ3v) is 6.18. The molecular weight excluding hydrogens is 377 g/mol. The number of furan rings is 1. The summed E-state index contributed by atoms with van der Waals surface area (Å²) in [6.45, 7) is 1.98. The highest BCUT2D eigenvalue weighted by molar-refractivity contribution is 7.89. The number of methoxy groups -OCH3 is 1. The number of piperidine rings is 1. The van der Waals surface area contributed by atoms with Crippen LogP contribution in [-0.2, 0) is 20.9 Å². The van der Waals surface area contributed by atoms with Crippen molar-refractivity contribution in [1.29, 1.82) is 0 Å². The van der Waals surface area contributed by atoms with Gasteiger partial charge in [0.1, 0.15) is 16.3 Å². The lowest BCUT2D eigenvalue weighted by molar-refractivity contribution is -0.155. The number of alkyl halides is 3. The number of ether oxygens (including phenoxy) is 1. The lowest BCUT2D eigenvalue weighted by Gasteiger charge is -2.30. The van der Waals surface area contributed by atoms with Gasteiger partial charge in [-0.3, -0.25) is 0 Å². The van der Waals surface area contributed by atoms with Crippen LogP contribution in [0.5, 0.6) is 0 Å². The van der Waals surface area contributed by atoms with Crippen molar-refractivity contribution < 1.29 is 35.3 Å². The molecule has 3 heterocycles. The summed E-state index contributed by atoms with van der Waals surface area (Å²) in [7, 11) is -2.35. The summed E-state index contributed by atoms with van der Waals surface area (Å²) in [6, 6.07) is 1.83. The normalized spacial score (nSPS) is 19.8. The highest BCUT2D eigenvalue weighted by atomic mass is 32.2. The molecule has 1 fully saturated rings. The molecule has 2 aromatic rings. The van der Waals surface area contributed by atoms with E-state index < -0.39 is 22.0 Å². The smallest absolute Gasteiger partial charge is 0.452 e. The van der Waals surface area contributed by atoms with Gasteiger partial charge in [0.15, 0.2) is 5.76 Å². The van der Waals surface area contributed by atoms with Crippen molar-refractivity contribution in [2.24, 2.45) is 0 Å². The van der Waals surface area contributed by atoms with E-state index in [2.05, 4.69) is 9.68 Å². The Morgan fingerprint density at radius 3 is 2.69 bits per heavy atom. The topological polar surface area (TPSA) is 85.8 Å². The predicted molar refractivity (Wildman–Crippen MR) is 82.7 cm³/mol. The van der Waals surface area contributed by atoms with Crippen LogP contribution in [-0.4, -0.2) is 44.2 Å². The average Bonchev–Trinajstić information content (AvgIpc) is 3.21. The van der Waals surface area contributed by atoms with E-state index in [4.69, 9.17) is 9.15 Å². The second-order valence-electron chi connectivity index (χ2n) is 5.97. The molecule has 1 aliphatic rings. The van der Waals surface area contributed by atoms with E-state index in [1.54, 1.807) is 0 Å². The molecule has 1 saturated heterocycles. The van der Waals surface area contributed by atoms with E-state index in [0.29, 0.717) is 19.0 Å². The van der Waals surface area contributed by atoms with Crippen LogP contribution in [0.2, 0.25) is 0 Å². The summed E-state index contributed by atoms with van der Waals surface area (Å²) in [5.74, 6) is -1.33. The molecule has 0 aromatic carbocycles. The van der Waals surface area contributed by atoms with E-state index in [0.717, 1.165) is 6.42 Å². The first kappa shape index (κ1) is 18.9. The minimum Gasteiger partial charge on any atom is -0.458 e. The van der Waals surface area contributed by atoms with Gasteiger partial charge in [0.2, 0.25) is 15.8 Å². The predicted octanol–water partition coefficient (Wildman–Crippen LogP) is 3.06. The minimum atomic E-state index is -4.69. The fraction of sp³-hybridized carbons (Fsp3) is 0.533. The highest BCUT2D eigenvalue weighted by Gasteiger charge is 2.37. The first-order valence-corrected chi connectivity index (χ1v) is 9.24. The lowest BCUT2D eigenvalue weighted by atomic mass is 10.1. The van der Waals surface area contributed by atoms with E-state index >= 15 is 0 Å². The van der Waals surface area contributed by atoms with Gasteiger partial charge in [-0.25, -0.2) is 8.42 Å². The van der Waals surface area contributed by atoms with Gasteiger partial charge in [-0.05, 0) is 19.8 Å². The van der Waals surface area contributed by atoms with Crippen molar-refractivity contribution in [1.82, 2.24) is 9.46 Å². The van der Waals surface area contributed by atoms with Gasteiger partial charge in [0.05, 0.1) is 6.10 Å². The maximum absolute atomic E-state index is 12.9. The van der Waals surface area contributed by atoms with Crippen molar-refractivity contribution in [2.45, 2.75) is 36.9 Å². The molecule has 0 unspecified atom stereocenters. The standard InChI is InChI=1S/C15H17F3N2O5S/c1-9-13(26(21,22)20-5-3-4-10(8-20)23-2)7-12(24-9)11-6-14(25-19-11)15(16,17)18/h6-7,10H,3-5,8H2,1-2H3/t10-/m0/s1. The first-order chi connectivity index (χ1) is 12.1. The highest BCUT2D eigenvalue weighted by Crippen LogP contribution is 2.35. The zero-order valence-electron chi connectivity index (χ0n) is 14.0. The largest absolute Gasteiger partial charge is 0.458 e. The van der Waals surface area contributed by atoms with E-state index in [9.17, 15) is 21.6 Å².